The number of benzene rings is 3. The summed E-state index contributed by atoms with van der Waals surface area (Å²) < 4.78 is 0. The molecule has 4 nitrogen and oxygen atoms in total. The van der Waals surface area contributed by atoms with Crippen LogP contribution in [0.5, 0.6) is 0 Å². The van der Waals surface area contributed by atoms with Crippen LogP contribution in [0.25, 0.3) is 0 Å². The van der Waals surface area contributed by atoms with Crippen LogP contribution in [0.15, 0.2) is 91.0 Å². The molecule has 28 heavy (non-hydrogen) atoms. The van der Waals surface area contributed by atoms with Gasteiger partial charge in [0.15, 0.2) is 0 Å². The molecular weight excluding hydrogens is 348 g/mol. The molecule has 2 amide bonds. The number of hydrogen-bond acceptors (Lipinski definition) is 2. The molecule has 0 heterocycles. The molecule has 0 bridgehead atoms. The molecular formula is C24H24N2O2. The zero-order valence-corrected chi connectivity index (χ0v) is 15.7. The number of carbonyl (C=O) groups excluding carboxylic acids is 2. The summed E-state index contributed by atoms with van der Waals surface area (Å²) in [4.78, 5) is 24.1. The Morgan fingerprint density at radius 1 is 0.679 bits per heavy atom. The number of rotatable bonds is 8. The van der Waals surface area contributed by atoms with Crippen molar-refractivity contribution in [1.29, 1.82) is 0 Å². The maximum absolute atomic E-state index is 12.1. The van der Waals surface area contributed by atoms with E-state index in [-0.39, 0.29) is 24.3 Å². The van der Waals surface area contributed by atoms with E-state index in [0.29, 0.717) is 12.1 Å². The molecule has 3 aromatic rings. The van der Waals surface area contributed by atoms with Crippen molar-refractivity contribution in [2.75, 3.05) is 13.1 Å². The van der Waals surface area contributed by atoms with Gasteiger partial charge in [-0.25, -0.2) is 0 Å². The van der Waals surface area contributed by atoms with Crippen molar-refractivity contribution >= 4 is 11.8 Å². The molecule has 0 spiro atoms. The van der Waals surface area contributed by atoms with Crippen molar-refractivity contribution < 1.29 is 9.59 Å². The highest BCUT2D eigenvalue weighted by atomic mass is 16.2. The Morgan fingerprint density at radius 3 is 1.71 bits per heavy atom. The summed E-state index contributed by atoms with van der Waals surface area (Å²) in [5, 5.41) is 5.56. The van der Waals surface area contributed by atoms with Gasteiger partial charge in [-0.05, 0) is 29.7 Å². The lowest BCUT2D eigenvalue weighted by Gasteiger charge is -2.18. The van der Waals surface area contributed by atoms with Gasteiger partial charge in [-0.15, -0.1) is 0 Å². The van der Waals surface area contributed by atoms with Gasteiger partial charge in [0.1, 0.15) is 0 Å². The molecule has 0 saturated heterocycles. The van der Waals surface area contributed by atoms with E-state index in [4.69, 9.17) is 0 Å². The molecule has 0 aliphatic rings. The molecule has 0 aromatic heterocycles. The maximum atomic E-state index is 12.1. The number of hydrogen-bond donors (Lipinski definition) is 2. The topological polar surface area (TPSA) is 58.2 Å². The Kier molecular flexibility index (Phi) is 6.96. The van der Waals surface area contributed by atoms with Crippen LogP contribution in [0.3, 0.4) is 0 Å². The van der Waals surface area contributed by atoms with Crippen LogP contribution >= 0.6 is 0 Å². The van der Waals surface area contributed by atoms with Crippen LogP contribution in [0, 0.1) is 0 Å². The summed E-state index contributed by atoms with van der Waals surface area (Å²) in [6, 6.07) is 29.4. The summed E-state index contributed by atoms with van der Waals surface area (Å²) >= 11 is 0. The highest BCUT2D eigenvalue weighted by Crippen LogP contribution is 2.27. The Labute approximate surface area is 165 Å². The molecule has 0 fully saturated rings. The maximum Gasteiger partial charge on any atom is 0.251 e. The lowest BCUT2D eigenvalue weighted by molar-refractivity contribution is -0.120. The fourth-order valence-corrected chi connectivity index (χ4v) is 3.17. The second kappa shape index (κ2) is 10.1. The second-order valence-corrected chi connectivity index (χ2v) is 6.56. The fraction of sp³-hybridized carbons (Fsp3) is 0.167. The van der Waals surface area contributed by atoms with E-state index in [9.17, 15) is 9.59 Å². The van der Waals surface area contributed by atoms with Gasteiger partial charge >= 0.3 is 0 Å². The van der Waals surface area contributed by atoms with Crippen molar-refractivity contribution in [3.63, 3.8) is 0 Å². The van der Waals surface area contributed by atoms with Crippen LogP contribution in [-0.2, 0) is 4.79 Å². The van der Waals surface area contributed by atoms with Gasteiger partial charge in [-0.2, -0.15) is 0 Å². The van der Waals surface area contributed by atoms with Crippen LogP contribution in [0.4, 0.5) is 0 Å². The van der Waals surface area contributed by atoms with Crippen molar-refractivity contribution in [3.8, 4) is 0 Å². The van der Waals surface area contributed by atoms with Crippen LogP contribution in [0.2, 0.25) is 0 Å². The Morgan fingerprint density at radius 2 is 1.18 bits per heavy atom. The van der Waals surface area contributed by atoms with Crippen LogP contribution in [-0.4, -0.2) is 24.9 Å². The van der Waals surface area contributed by atoms with Gasteiger partial charge in [0.25, 0.3) is 5.91 Å². The Bertz CT molecular complexity index is 841. The van der Waals surface area contributed by atoms with E-state index >= 15 is 0 Å². The normalized spacial score (nSPS) is 10.5. The third-order valence-corrected chi connectivity index (χ3v) is 4.60. The SMILES string of the molecule is O=C(CNC(=O)c1ccccc1)NCCC(c1ccccc1)c1ccccc1. The summed E-state index contributed by atoms with van der Waals surface area (Å²) in [7, 11) is 0. The van der Waals surface area contributed by atoms with Crippen molar-refractivity contribution in [1.82, 2.24) is 10.6 Å². The zero-order valence-electron chi connectivity index (χ0n) is 15.7. The molecule has 4 heteroatoms. The number of nitrogens with one attached hydrogen (secondary N) is 2. The quantitative estimate of drug-likeness (QED) is 0.633. The predicted molar refractivity (Wildman–Crippen MR) is 111 cm³/mol. The lowest BCUT2D eigenvalue weighted by Crippen LogP contribution is -2.37. The lowest BCUT2D eigenvalue weighted by atomic mass is 9.88. The monoisotopic (exact) mass is 372 g/mol. The van der Waals surface area contributed by atoms with Crippen LogP contribution < -0.4 is 10.6 Å². The van der Waals surface area contributed by atoms with Crippen molar-refractivity contribution in [2.24, 2.45) is 0 Å². The molecule has 142 valence electrons. The number of amides is 2. The first-order valence-electron chi connectivity index (χ1n) is 9.44. The zero-order chi connectivity index (χ0) is 19.6. The van der Waals surface area contributed by atoms with Gasteiger partial charge in [-0.3, -0.25) is 9.59 Å². The smallest absolute Gasteiger partial charge is 0.251 e. The van der Waals surface area contributed by atoms with E-state index < -0.39 is 0 Å². The largest absolute Gasteiger partial charge is 0.355 e. The molecule has 3 rings (SSSR count). The van der Waals surface area contributed by atoms with E-state index in [1.54, 1.807) is 24.3 Å². The fourth-order valence-electron chi connectivity index (χ4n) is 3.17. The van der Waals surface area contributed by atoms with E-state index in [0.717, 1.165) is 6.42 Å². The second-order valence-electron chi connectivity index (χ2n) is 6.56. The highest BCUT2D eigenvalue weighted by molar-refractivity contribution is 5.96. The molecule has 0 aliphatic heterocycles. The third-order valence-electron chi connectivity index (χ3n) is 4.60. The van der Waals surface area contributed by atoms with Gasteiger partial charge in [0.05, 0.1) is 6.54 Å². The van der Waals surface area contributed by atoms with Gasteiger partial charge in [0.2, 0.25) is 5.91 Å². The average molecular weight is 372 g/mol. The van der Waals surface area contributed by atoms with Crippen molar-refractivity contribution in [3.05, 3.63) is 108 Å². The summed E-state index contributed by atoms with van der Waals surface area (Å²) in [5.41, 5.74) is 2.99. The summed E-state index contributed by atoms with van der Waals surface area (Å²) in [6.07, 6.45) is 0.784. The highest BCUT2D eigenvalue weighted by Gasteiger charge is 2.14. The summed E-state index contributed by atoms with van der Waals surface area (Å²) in [6.45, 7) is 0.504. The molecule has 3 aromatic carbocycles. The first kappa shape index (κ1) is 19.4. The first-order chi connectivity index (χ1) is 13.7. The van der Waals surface area contributed by atoms with Crippen LogP contribution in [0.1, 0.15) is 33.8 Å². The Balaban J connectivity index is 1.51. The molecule has 0 saturated carbocycles. The first-order valence-corrected chi connectivity index (χ1v) is 9.44. The van der Waals surface area contributed by atoms with Gasteiger partial charge in [0, 0.05) is 18.0 Å². The van der Waals surface area contributed by atoms with E-state index in [1.807, 2.05) is 42.5 Å². The van der Waals surface area contributed by atoms with E-state index in [1.165, 1.54) is 11.1 Å². The predicted octanol–water partition coefficient (Wildman–Crippen LogP) is 3.75. The minimum Gasteiger partial charge on any atom is -0.355 e. The van der Waals surface area contributed by atoms with Crippen molar-refractivity contribution in [2.45, 2.75) is 12.3 Å². The standard InChI is InChI=1S/C24H24N2O2/c27-23(18-26-24(28)21-14-8-3-9-15-21)25-17-16-22(19-10-4-1-5-11-19)20-12-6-2-7-13-20/h1-15,22H,16-18H2,(H,25,27)(H,26,28). The average Bonchev–Trinajstić information content (AvgIpc) is 2.77. The van der Waals surface area contributed by atoms with E-state index in [2.05, 4.69) is 34.9 Å². The molecule has 0 aliphatic carbocycles. The third kappa shape index (κ3) is 5.55. The molecule has 0 atom stereocenters. The molecule has 2 N–H and O–H groups in total. The number of carbonyl (C=O) groups is 2. The van der Waals surface area contributed by atoms with Gasteiger partial charge in [-0.1, -0.05) is 78.9 Å². The van der Waals surface area contributed by atoms with Gasteiger partial charge < -0.3 is 10.6 Å². The molecule has 0 unspecified atom stereocenters. The Hall–Kier alpha value is -3.40. The minimum atomic E-state index is -0.248. The molecule has 0 radical (unpaired) electrons. The minimum absolute atomic E-state index is 0.0327. The summed E-state index contributed by atoms with van der Waals surface area (Å²) in [5.74, 6) is -0.229.